The minimum Gasteiger partial charge on any atom is -0.677 e. The topological polar surface area (TPSA) is 171 Å². The number of nitrogens with one attached hydrogen (secondary N) is 1. The fourth-order valence-corrected chi connectivity index (χ4v) is 1.13. The molecule has 0 amide bonds. The SMILES string of the molecule is CCCC.CCN(CC)C(C(=O)O)C(=O)O.O=[P+]([O-])OO.[CH2-]CCC[NH-].[HH].[Pt+2]. The molecule has 0 radical (unpaired) electrons. The van der Waals surface area contributed by atoms with E-state index in [9.17, 15) is 9.59 Å². The maximum Gasteiger partial charge on any atom is 2.00 e. The number of unbranched alkanes of at least 4 members (excludes halogenated alkanes) is 2. The van der Waals surface area contributed by atoms with Crippen molar-refractivity contribution in [3.8, 4) is 0 Å². The monoisotopic (exact) mass is 597 g/mol. The van der Waals surface area contributed by atoms with E-state index in [1.54, 1.807) is 13.8 Å². The second-order valence-corrected chi connectivity index (χ2v) is 5.17. The summed E-state index contributed by atoms with van der Waals surface area (Å²) in [6, 6.07) is -1.42. The van der Waals surface area contributed by atoms with E-state index in [2.05, 4.69) is 25.4 Å². The van der Waals surface area contributed by atoms with Crippen molar-refractivity contribution in [1.29, 1.82) is 0 Å². The number of carboxylic acids is 2. The molecular weight excluding hydrogens is 562 g/mol. The first-order valence-corrected chi connectivity index (χ1v) is 9.33. The molecular formula is C15H35N2O8PPt. The smallest absolute Gasteiger partial charge is 0.677 e. The second kappa shape index (κ2) is 30.3. The van der Waals surface area contributed by atoms with Crippen LogP contribution in [0.1, 0.15) is 54.8 Å². The summed E-state index contributed by atoms with van der Waals surface area (Å²) in [6.07, 6.45) is 4.49. The molecule has 0 spiro atoms. The van der Waals surface area contributed by atoms with Crippen LogP contribution in [-0.4, -0.2) is 58.0 Å². The Kier molecular flexibility index (Phi) is 41.8. The van der Waals surface area contributed by atoms with Crippen molar-refractivity contribution in [3.63, 3.8) is 0 Å². The molecule has 4 N–H and O–H groups in total. The summed E-state index contributed by atoms with van der Waals surface area (Å²) < 4.78 is 11.6. The number of likely N-dealkylation sites (N-methyl/N-ethyl adjacent to an activating group) is 1. The molecule has 27 heavy (non-hydrogen) atoms. The zero-order valence-electron chi connectivity index (χ0n) is 16.3. The maximum absolute atomic E-state index is 10.5. The van der Waals surface area contributed by atoms with Gasteiger partial charge in [0.25, 0.3) is 0 Å². The van der Waals surface area contributed by atoms with Crippen molar-refractivity contribution in [2.45, 2.75) is 59.4 Å². The molecule has 0 aliphatic heterocycles. The van der Waals surface area contributed by atoms with Crippen LogP contribution >= 0.6 is 8.25 Å². The largest absolute Gasteiger partial charge is 2.00 e. The Morgan fingerprint density at radius 3 is 1.56 bits per heavy atom. The van der Waals surface area contributed by atoms with Crippen molar-refractivity contribution in [3.05, 3.63) is 12.7 Å². The summed E-state index contributed by atoms with van der Waals surface area (Å²) in [5.74, 6) is -2.63. The Balaban J connectivity index is -0.0000000638. The van der Waals surface area contributed by atoms with Crippen LogP contribution in [0, 0.1) is 6.92 Å². The fraction of sp³-hybridized carbons (Fsp3) is 0.800. The zero-order valence-corrected chi connectivity index (χ0v) is 19.5. The Labute approximate surface area is 178 Å². The van der Waals surface area contributed by atoms with Gasteiger partial charge in [-0.05, 0) is 17.7 Å². The van der Waals surface area contributed by atoms with Gasteiger partial charge in [0, 0.05) is 6.10 Å². The van der Waals surface area contributed by atoms with Gasteiger partial charge in [-0.25, -0.2) is 14.8 Å². The van der Waals surface area contributed by atoms with Crippen molar-refractivity contribution in [1.82, 2.24) is 4.90 Å². The van der Waals surface area contributed by atoms with Gasteiger partial charge in [0.2, 0.25) is 6.04 Å². The second-order valence-electron chi connectivity index (χ2n) is 4.56. The van der Waals surface area contributed by atoms with Crippen LogP contribution in [0.3, 0.4) is 0 Å². The minimum atomic E-state index is -3.04. The van der Waals surface area contributed by atoms with Gasteiger partial charge in [0.15, 0.2) is 0 Å². The first kappa shape index (κ1) is 37.3. The van der Waals surface area contributed by atoms with Crippen molar-refractivity contribution in [2.75, 3.05) is 19.6 Å². The van der Waals surface area contributed by atoms with Crippen molar-refractivity contribution < 1.29 is 61.7 Å². The summed E-state index contributed by atoms with van der Waals surface area (Å²) in [7, 11) is -3.04. The molecule has 10 nitrogen and oxygen atoms in total. The van der Waals surface area contributed by atoms with E-state index >= 15 is 0 Å². The summed E-state index contributed by atoms with van der Waals surface area (Å²) in [6.45, 7) is 12.7. The van der Waals surface area contributed by atoms with Gasteiger partial charge < -0.3 is 27.8 Å². The fourth-order valence-electron chi connectivity index (χ4n) is 1.13. The molecule has 0 aromatic rings. The first-order chi connectivity index (χ1) is 12.1. The van der Waals surface area contributed by atoms with Crippen LogP contribution in [0.25, 0.3) is 5.73 Å². The summed E-state index contributed by atoms with van der Waals surface area (Å²) in [4.78, 5) is 31.3. The number of aliphatic carboxylic acids is 2. The molecule has 0 bridgehead atoms. The van der Waals surface area contributed by atoms with E-state index in [1.165, 1.54) is 17.7 Å². The molecule has 0 fully saturated rings. The van der Waals surface area contributed by atoms with E-state index in [0.29, 0.717) is 19.6 Å². The minimum absolute atomic E-state index is 0. The molecule has 168 valence electrons. The summed E-state index contributed by atoms with van der Waals surface area (Å²) in [5.41, 5.74) is 6.56. The third-order valence-corrected chi connectivity index (χ3v) is 2.77. The van der Waals surface area contributed by atoms with Gasteiger partial charge in [-0.3, -0.25) is 4.90 Å². The number of hydrogen-bond acceptors (Lipinski definition) is 7. The van der Waals surface area contributed by atoms with Crippen LogP contribution in [0.2, 0.25) is 0 Å². The molecule has 0 aromatic carbocycles. The van der Waals surface area contributed by atoms with Crippen LogP contribution in [-0.2, 0) is 39.9 Å². The molecule has 1 atom stereocenters. The molecule has 0 aliphatic rings. The molecule has 12 heteroatoms. The predicted molar refractivity (Wildman–Crippen MR) is 99.8 cm³/mol. The molecule has 0 aliphatic carbocycles. The molecule has 1 unspecified atom stereocenters. The van der Waals surface area contributed by atoms with Crippen LogP contribution in [0.5, 0.6) is 0 Å². The molecule has 0 aromatic heterocycles. The Hall–Kier alpha value is -0.472. The van der Waals surface area contributed by atoms with Gasteiger partial charge in [-0.1, -0.05) is 47.0 Å². The van der Waals surface area contributed by atoms with E-state index in [0.717, 1.165) is 12.8 Å². The van der Waals surface area contributed by atoms with E-state index < -0.39 is 26.2 Å². The average Bonchev–Trinajstić information content (AvgIpc) is 2.60. The van der Waals surface area contributed by atoms with Crippen LogP contribution < -0.4 is 4.89 Å². The van der Waals surface area contributed by atoms with Gasteiger partial charge in [0.1, 0.15) is 0 Å². The van der Waals surface area contributed by atoms with Gasteiger partial charge in [-0.15, -0.1) is 0 Å². The molecule has 0 rings (SSSR count). The zero-order chi connectivity index (χ0) is 21.5. The Morgan fingerprint density at radius 1 is 1.19 bits per heavy atom. The van der Waals surface area contributed by atoms with Crippen molar-refractivity contribution >= 4 is 20.2 Å². The van der Waals surface area contributed by atoms with E-state index in [-0.39, 0.29) is 22.5 Å². The third-order valence-electron chi connectivity index (χ3n) is 2.64. The van der Waals surface area contributed by atoms with Crippen LogP contribution in [0.4, 0.5) is 0 Å². The summed E-state index contributed by atoms with van der Waals surface area (Å²) in [5, 5.41) is 24.2. The Bertz CT molecular complexity index is 336. The average molecular weight is 598 g/mol. The predicted octanol–water partition coefficient (Wildman–Crippen LogP) is 3.06. The van der Waals surface area contributed by atoms with Gasteiger partial charge in [-0.2, -0.15) is 13.0 Å². The quantitative estimate of drug-likeness (QED) is 0.119. The Morgan fingerprint density at radius 2 is 1.52 bits per heavy atom. The maximum atomic E-state index is 10.5. The van der Waals surface area contributed by atoms with Crippen LogP contribution in [0.15, 0.2) is 0 Å². The van der Waals surface area contributed by atoms with E-state index in [1.807, 2.05) is 0 Å². The molecule has 0 heterocycles. The van der Waals surface area contributed by atoms with E-state index in [4.69, 9.17) is 30.7 Å². The van der Waals surface area contributed by atoms with Gasteiger partial charge >= 0.3 is 41.3 Å². The first-order valence-electron chi connectivity index (χ1n) is 8.24. The number of hydrogen-bond donors (Lipinski definition) is 3. The number of rotatable bonds is 9. The normalized spacial score (nSPS) is 9.48. The van der Waals surface area contributed by atoms with Crippen molar-refractivity contribution in [2.24, 2.45) is 0 Å². The molecule has 0 saturated carbocycles. The number of carboxylic acid groups (broad SMARTS) is 2. The van der Waals surface area contributed by atoms with Gasteiger partial charge in [0.05, 0.1) is 0 Å². The number of carbonyl (C=O) groups is 2. The molecule has 0 saturated heterocycles. The third kappa shape index (κ3) is 33.5. The summed E-state index contributed by atoms with van der Waals surface area (Å²) >= 11 is 0. The standard InChI is InChI=1S/C7H13NO4.C4H9N.C4H10.HO4P.Pt.H2/c1-3-8(4-2)5(6(9)10)7(11)12;1-2-3-4-5;1-3-4-2;1-4-5(2)3;;/h5H,3-4H2,1-2H3,(H,9,10)(H,11,12);5H,1-4H2;3-4H2,1-2H3;1H;;1H/q;-2;;;+2;. The number of nitrogens with zero attached hydrogens (tertiary/aromatic N) is 1.